The van der Waals surface area contributed by atoms with Gasteiger partial charge in [-0.1, -0.05) is 11.6 Å². The molecule has 0 fully saturated rings. The van der Waals surface area contributed by atoms with Gasteiger partial charge in [-0.25, -0.2) is 4.79 Å². The van der Waals surface area contributed by atoms with Crippen molar-refractivity contribution < 1.29 is 13.9 Å². The predicted octanol–water partition coefficient (Wildman–Crippen LogP) is 3.39. The van der Waals surface area contributed by atoms with Crippen LogP contribution in [0.15, 0.2) is 40.8 Å². The molecule has 0 atom stereocenters. The molecule has 1 aromatic carbocycles. The lowest BCUT2D eigenvalue weighted by atomic mass is 10.2. The van der Waals surface area contributed by atoms with E-state index in [2.05, 4.69) is 4.74 Å². The van der Waals surface area contributed by atoms with Crippen molar-refractivity contribution in [2.45, 2.75) is 0 Å². The van der Waals surface area contributed by atoms with Gasteiger partial charge in [0.1, 0.15) is 5.76 Å². The molecular weight excluding hydrogens is 228 g/mol. The molecule has 0 aliphatic rings. The van der Waals surface area contributed by atoms with Crippen LogP contribution in [0.5, 0.6) is 0 Å². The Kier molecular flexibility index (Phi) is 2.97. The summed E-state index contributed by atoms with van der Waals surface area (Å²) in [7, 11) is 1.31. The summed E-state index contributed by atoms with van der Waals surface area (Å²) in [5, 5.41) is 0.656. The van der Waals surface area contributed by atoms with Crippen molar-refractivity contribution in [1.82, 2.24) is 0 Å². The summed E-state index contributed by atoms with van der Waals surface area (Å²) in [5.41, 5.74) is 0.861. The van der Waals surface area contributed by atoms with Crippen molar-refractivity contribution in [3.05, 3.63) is 47.2 Å². The Labute approximate surface area is 97.6 Å². The highest BCUT2D eigenvalue weighted by Crippen LogP contribution is 2.23. The molecule has 82 valence electrons. The van der Waals surface area contributed by atoms with Crippen LogP contribution in [0.4, 0.5) is 0 Å². The molecule has 1 heterocycles. The molecule has 2 aromatic rings. The standard InChI is InChI=1S/C12H9ClO3/c1-15-12(14)11-7-6-10(16-11)8-2-4-9(13)5-3-8/h2-7H,1H3. The first kappa shape index (κ1) is 10.8. The van der Waals surface area contributed by atoms with Crippen molar-refractivity contribution >= 4 is 17.6 Å². The summed E-state index contributed by atoms with van der Waals surface area (Å²) in [6.45, 7) is 0. The number of benzene rings is 1. The van der Waals surface area contributed by atoms with Crippen molar-refractivity contribution in [1.29, 1.82) is 0 Å². The second kappa shape index (κ2) is 4.41. The maximum Gasteiger partial charge on any atom is 0.373 e. The molecule has 0 unspecified atom stereocenters. The lowest BCUT2D eigenvalue weighted by molar-refractivity contribution is 0.0566. The number of hydrogen-bond acceptors (Lipinski definition) is 3. The summed E-state index contributed by atoms with van der Waals surface area (Å²) in [5.74, 6) is 0.310. The minimum atomic E-state index is -0.486. The summed E-state index contributed by atoms with van der Waals surface area (Å²) in [6, 6.07) is 10.5. The van der Waals surface area contributed by atoms with E-state index in [1.165, 1.54) is 7.11 Å². The molecule has 3 nitrogen and oxygen atoms in total. The van der Waals surface area contributed by atoms with Gasteiger partial charge in [-0.15, -0.1) is 0 Å². The van der Waals surface area contributed by atoms with Crippen LogP contribution in [0.25, 0.3) is 11.3 Å². The Morgan fingerprint density at radius 1 is 1.19 bits per heavy atom. The molecule has 0 aliphatic heterocycles. The second-order valence-electron chi connectivity index (χ2n) is 3.16. The van der Waals surface area contributed by atoms with Crippen molar-refractivity contribution in [3.8, 4) is 11.3 Å². The van der Waals surface area contributed by atoms with E-state index in [0.29, 0.717) is 10.8 Å². The fourth-order valence-electron chi connectivity index (χ4n) is 1.32. The number of rotatable bonds is 2. The topological polar surface area (TPSA) is 39.4 Å². The monoisotopic (exact) mass is 236 g/mol. The van der Waals surface area contributed by atoms with Gasteiger partial charge < -0.3 is 9.15 Å². The minimum absolute atomic E-state index is 0.187. The van der Waals surface area contributed by atoms with Gasteiger partial charge in [0.2, 0.25) is 5.76 Å². The lowest BCUT2D eigenvalue weighted by Gasteiger charge is -1.97. The van der Waals surface area contributed by atoms with Gasteiger partial charge in [-0.2, -0.15) is 0 Å². The molecule has 0 amide bonds. The van der Waals surface area contributed by atoms with E-state index in [0.717, 1.165) is 5.56 Å². The molecular formula is C12H9ClO3. The highest BCUT2D eigenvalue weighted by molar-refractivity contribution is 6.30. The third kappa shape index (κ3) is 2.09. The van der Waals surface area contributed by atoms with Crippen LogP contribution in [0.3, 0.4) is 0 Å². The smallest absolute Gasteiger partial charge is 0.373 e. The average molecular weight is 237 g/mol. The first-order valence-corrected chi connectivity index (χ1v) is 5.02. The molecule has 0 saturated heterocycles. The zero-order valence-corrected chi connectivity index (χ0v) is 9.32. The number of hydrogen-bond donors (Lipinski definition) is 0. The number of carbonyl (C=O) groups excluding carboxylic acids is 1. The number of furan rings is 1. The largest absolute Gasteiger partial charge is 0.463 e. The number of methoxy groups -OCH3 is 1. The van der Waals surface area contributed by atoms with Crippen molar-refractivity contribution in [2.75, 3.05) is 7.11 Å². The average Bonchev–Trinajstić information content (AvgIpc) is 2.78. The van der Waals surface area contributed by atoms with Gasteiger partial charge >= 0.3 is 5.97 Å². The summed E-state index contributed by atoms with van der Waals surface area (Å²) < 4.78 is 9.90. The number of halogens is 1. The SMILES string of the molecule is COC(=O)c1ccc(-c2ccc(Cl)cc2)o1. The van der Waals surface area contributed by atoms with E-state index in [1.54, 1.807) is 24.3 Å². The van der Waals surface area contributed by atoms with E-state index in [4.69, 9.17) is 16.0 Å². The van der Waals surface area contributed by atoms with Gasteiger partial charge in [0, 0.05) is 10.6 Å². The Bertz CT molecular complexity index is 499. The van der Waals surface area contributed by atoms with E-state index < -0.39 is 5.97 Å². The Balaban J connectivity index is 2.31. The lowest BCUT2D eigenvalue weighted by Crippen LogP contribution is -1.98. The fraction of sp³-hybridized carbons (Fsp3) is 0.0833. The van der Waals surface area contributed by atoms with Crippen LogP contribution in [0.2, 0.25) is 5.02 Å². The molecule has 2 rings (SSSR count). The second-order valence-corrected chi connectivity index (χ2v) is 3.60. The highest BCUT2D eigenvalue weighted by atomic mass is 35.5. The molecule has 16 heavy (non-hydrogen) atoms. The van der Waals surface area contributed by atoms with Gasteiger partial charge in [-0.05, 0) is 36.4 Å². The Morgan fingerprint density at radius 3 is 2.50 bits per heavy atom. The van der Waals surface area contributed by atoms with Gasteiger partial charge in [0.05, 0.1) is 7.11 Å². The van der Waals surface area contributed by atoms with Gasteiger partial charge in [0.15, 0.2) is 0 Å². The first-order chi connectivity index (χ1) is 7.70. The van der Waals surface area contributed by atoms with E-state index in [9.17, 15) is 4.79 Å². The van der Waals surface area contributed by atoms with Gasteiger partial charge in [-0.3, -0.25) is 0 Å². The molecule has 0 spiro atoms. The number of esters is 1. The molecule has 0 bridgehead atoms. The molecule has 0 radical (unpaired) electrons. The van der Waals surface area contributed by atoms with Crippen LogP contribution < -0.4 is 0 Å². The predicted molar refractivity (Wildman–Crippen MR) is 60.5 cm³/mol. The summed E-state index contributed by atoms with van der Waals surface area (Å²) in [4.78, 5) is 11.2. The fourth-order valence-corrected chi connectivity index (χ4v) is 1.44. The molecule has 4 heteroatoms. The molecule has 0 aliphatic carbocycles. The Hall–Kier alpha value is -1.74. The van der Waals surface area contributed by atoms with Crippen molar-refractivity contribution in [2.24, 2.45) is 0 Å². The zero-order valence-electron chi connectivity index (χ0n) is 8.57. The third-order valence-electron chi connectivity index (χ3n) is 2.12. The molecule has 0 saturated carbocycles. The highest BCUT2D eigenvalue weighted by Gasteiger charge is 2.11. The van der Waals surface area contributed by atoms with Crippen molar-refractivity contribution in [3.63, 3.8) is 0 Å². The van der Waals surface area contributed by atoms with Gasteiger partial charge in [0.25, 0.3) is 0 Å². The quantitative estimate of drug-likeness (QED) is 0.751. The maximum atomic E-state index is 11.2. The van der Waals surface area contributed by atoms with E-state index >= 15 is 0 Å². The summed E-state index contributed by atoms with van der Waals surface area (Å²) >= 11 is 5.77. The number of carbonyl (C=O) groups is 1. The molecule has 0 N–H and O–H groups in total. The van der Waals surface area contributed by atoms with Crippen LogP contribution in [0, 0.1) is 0 Å². The van der Waals surface area contributed by atoms with Crippen LogP contribution >= 0.6 is 11.6 Å². The first-order valence-electron chi connectivity index (χ1n) is 4.65. The van der Waals surface area contributed by atoms with E-state index in [1.807, 2.05) is 12.1 Å². The zero-order chi connectivity index (χ0) is 11.5. The normalized spacial score (nSPS) is 10.1. The van der Waals surface area contributed by atoms with E-state index in [-0.39, 0.29) is 5.76 Å². The third-order valence-corrected chi connectivity index (χ3v) is 2.37. The number of ether oxygens (including phenoxy) is 1. The minimum Gasteiger partial charge on any atom is -0.463 e. The molecule has 1 aromatic heterocycles. The van der Waals surface area contributed by atoms with Crippen LogP contribution in [-0.2, 0) is 4.74 Å². The van der Waals surface area contributed by atoms with Crippen LogP contribution in [-0.4, -0.2) is 13.1 Å². The summed E-state index contributed by atoms with van der Waals surface area (Å²) in [6.07, 6.45) is 0. The maximum absolute atomic E-state index is 11.2. The Morgan fingerprint density at radius 2 is 1.88 bits per heavy atom. The van der Waals surface area contributed by atoms with Crippen LogP contribution in [0.1, 0.15) is 10.6 Å².